The lowest BCUT2D eigenvalue weighted by molar-refractivity contribution is 0.0953. The van der Waals surface area contributed by atoms with Gasteiger partial charge < -0.3 is 4.90 Å². The summed E-state index contributed by atoms with van der Waals surface area (Å²) in [4.78, 5) is 16.5. The molecule has 0 spiro atoms. The minimum Gasteiger partial charge on any atom is -0.301 e. The van der Waals surface area contributed by atoms with E-state index in [2.05, 4.69) is 35.1 Å². The van der Waals surface area contributed by atoms with Gasteiger partial charge in [0.2, 0.25) is 0 Å². The molecule has 1 aromatic rings. The first-order chi connectivity index (χ1) is 10.1. The van der Waals surface area contributed by atoms with Crippen LogP contribution < -0.4 is 11.3 Å². The van der Waals surface area contributed by atoms with Gasteiger partial charge in [-0.3, -0.25) is 15.1 Å². The molecule has 0 aliphatic carbocycles. The van der Waals surface area contributed by atoms with Gasteiger partial charge in [0, 0.05) is 44.8 Å². The Balaban J connectivity index is 1.87. The molecule has 5 nitrogen and oxygen atoms in total. The second-order valence-corrected chi connectivity index (χ2v) is 6.14. The summed E-state index contributed by atoms with van der Waals surface area (Å²) in [7, 11) is 0. The van der Waals surface area contributed by atoms with Crippen molar-refractivity contribution in [1.82, 2.24) is 15.2 Å². The smallest absolute Gasteiger partial charge is 0.265 e. The number of nitrogens with zero attached hydrogens (tertiary/aromatic N) is 2. The van der Waals surface area contributed by atoms with Crippen LogP contribution in [0.25, 0.3) is 0 Å². The van der Waals surface area contributed by atoms with Gasteiger partial charge in [0.1, 0.15) is 0 Å². The van der Waals surface area contributed by atoms with Gasteiger partial charge in [0.05, 0.1) is 0 Å². The predicted octanol–water partition coefficient (Wildman–Crippen LogP) is 1.06. The number of amides is 1. The summed E-state index contributed by atoms with van der Waals surface area (Å²) in [6.07, 6.45) is 0. The standard InChI is InChI=1S/C16H26N4O/c1-13(2)11-19-6-8-20(9-7-19)12-14-4-3-5-15(10-14)16(21)18-17/h3-5,10,13H,6-9,11-12,17H2,1-2H3,(H,18,21). The highest BCUT2D eigenvalue weighted by atomic mass is 16.2. The molecule has 0 unspecified atom stereocenters. The molecule has 2 rings (SSSR count). The number of hydrogen-bond donors (Lipinski definition) is 2. The monoisotopic (exact) mass is 290 g/mol. The van der Waals surface area contributed by atoms with Crippen LogP contribution in [0.5, 0.6) is 0 Å². The minimum absolute atomic E-state index is 0.237. The highest BCUT2D eigenvalue weighted by Gasteiger charge is 2.17. The van der Waals surface area contributed by atoms with Crippen molar-refractivity contribution in [2.45, 2.75) is 20.4 Å². The van der Waals surface area contributed by atoms with Gasteiger partial charge in [-0.15, -0.1) is 0 Å². The van der Waals surface area contributed by atoms with Gasteiger partial charge in [-0.05, 0) is 23.6 Å². The lowest BCUT2D eigenvalue weighted by Gasteiger charge is -2.35. The summed E-state index contributed by atoms with van der Waals surface area (Å²) in [6.45, 7) is 11.0. The number of piperazine rings is 1. The van der Waals surface area contributed by atoms with Crippen LogP contribution in [0.3, 0.4) is 0 Å². The van der Waals surface area contributed by atoms with E-state index in [9.17, 15) is 4.79 Å². The van der Waals surface area contributed by atoms with Gasteiger partial charge in [0.25, 0.3) is 5.91 Å². The largest absolute Gasteiger partial charge is 0.301 e. The summed E-state index contributed by atoms with van der Waals surface area (Å²) >= 11 is 0. The molecule has 1 fully saturated rings. The fourth-order valence-corrected chi connectivity index (χ4v) is 2.80. The fraction of sp³-hybridized carbons (Fsp3) is 0.562. The van der Waals surface area contributed by atoms with Crippen LogP contribution in [-0.4, -0.2) is 48.4 Å². The molecule has 1 aliphatic heterocycles. The average molecular weight is 290 g/mol. The van der Waals surface area contributed by atoms with Gasteiger partial charge in [-0.2, -0.15) is 0 Å². The molecule has 1 saturated heterocycles. The van der Waals surface area contributed by atoms with Crippen molar-refractivity contribution in [2.75, 3.05) is 32.7 Å². The van der Waals surface area contributed by atoms with Crippen LogP contribution >= 0.6 is 0 Å². The molecule has 1 aromatic carbocycles. The zero-order chi connectivity index (χ0) is 15.2. The van der Waals surface area contributed by atoms with Crippen molar-refractivity contribution >= 4 is 5.91 Å². The Morgan fingerprint density at radius 1 is 1.24 bits per heavy atom. The second kappa shape index (κ2) is 7.54. The summed E-state index contributed by atoms with van der Waals surface area (Å²) in [6, 6.07) is 7.68. The maximum atomic E-state index is 11.5. The van der Waals surface area contributed by atoms with Crippen LogP contribution in [0.1, 0.15) is 29.8 Å². The van der Waals surface area contributed by atoms with E-state index in [1.807, 2.05) is 12.1 Å². The third kappa shape index (κ3) is 4.81. The van der Waals surface area contributed by atoms with E-state index < -0.39 is 0 Å². The van der Waals surface area contributed by atoms with E-state index in [-0.39, 0.29) is 5.91 Å². The number of rotatable bonds is 5. The lowest BCUT2D eigenvalue weighted by Crippen LogP contribution is -2.46. The molecule has 0 bridgehead atoms. The maximum absolute atomic E-state index is 11.5. The molecule has 21 heavy (non-hydrogen) atoms. The summed E-state index contributed by atoms with van der Waals surface area (Å²) in [5.74, 6) is 5.67. The molecular formula is C16H26N4O. The summed E-state index contributed by atoms with van der Waals surface area (Å²) in [5.41, 5.74) is 3.96. The molecule has 3 N–H and O–H groups in total. The van der Waals surface area contributed by atoms with Crippen molar-refractivity contribution in [3.05, 3.63) is 35.4 Å². The number of carbonyl (C=O) groups is 1. The van der Waals surface area contributed by atoms with E-state index >= 15 is 0 Å². The fourth-order valence-electron chi connectivity index (χ4n) is 2.80. The molecule has 0 saturated carbocycles. The number of carbonyl (C=O) groups excluding carboxylic acids is 1. The van der Waals surface area contributed by atoms with E-state index in [4.69, 9.17) is 5.84 Å². The van der Waals surface area contributed by atoms with Crippen LogP contribution in [-0.2, 0) is 6.54 Å². The quantitative estimate of drug-likeness (QED) is 0.484. The highest BCUT2D eigenvalue weighted by molar-refractivity contribution is 5.93. The van der Waals surface area contributed by atoms with Crippen LogP contribution in [0.15, 0.2) is 24.3 Å². The van der Waals surface area contributed by atoms with Gasteiger partial charge in [0.15, 0.2) is 0 Å². The van der Waals surface area contributed by atoms with Gasteiger partial charge in [-0.25, -0.2) is 5.84 Å². The molecule has 1 heterocycles. The van der Waals surface area contributed by atoms with Crippen molar-refractivity contribution in [3.63, 3.8) is 0 Å². The number of nitrogens with one attached hydrogen (secondary N) is 1. The molecule has 0 aromatic heterocycles. The normalized spacial score (nSPS) is 17.1. The molecule has 0 atom stereocenters. The lowest BCUT2D eigenvalue weighted by atomic mass is 10.1. The first-order valence-corrected chi connectivity index (χ1v) is 7.63. The summed E-state index contributed by atoms with van der Waals surface area (Å²) < 4.78 is 0. The van der Waals surface area contributed by atoms with Crippen molar-refractivity contribution in [3.8, 4) is 0 Å². The maximum Gasteiger partial charge on any atom is 0.265 e. The van der Waals surface area contributed by atoms with Gasteiger partial charge in [-0.1, -0.05) is 26.0 Å². The average Bonchev–Trinajstić information content (AvgIpc) is 2.48. The van der Waals surface area contributed by atoms with Crippen molar-refractivity contribution in [1.29, 1.82) is 0 Å². The first-order valence-electron chi connectivity index (χ1n) is 7.63. The van der Waals surface area contributed by atoms with E-state index in [1.54, 1.807) is 6.07 Å². The third-order valence-electron chi connectivity index (χ3n) is 3.81. The molecule has 5 heteroatoms. The van der Waals surface area contributed by atoms with Crippen LogP contribution in [0, 0.1) is 5.92 Å². The van der Waals surface area contributed by atoms with Crippen molar-refractivity contribution < 1.29 is 4.79 Å². The van der Waals surface area contributed by atoms with Crippen LogP contribution in [0.2, 0.25) is 0 Å². The minimum atomic E-state index is -0.237. The summed E-state index contributed by atoms with van der Waals surface area (Å²) in [5, 5.41) is 0. The number of hydrogen-bond acceptors (Lipinski definition) is 4. The molecule has 0 radical (unpaired) electrons. The highest BCUT2D eigenvalue weighted by Crippen LogP contribution is 2.11. The zero-order valence-electron chi connectivity index (χ0n) is 13.0. The second-order valence-electron chi connectivity index (χ2n) is 6.14. The van der Waals surface area contributed by atoms with Crippen LogP contribution in [0.4, 0.5) is 0 Å². The van der Waals surface area contributed by atoms with Crippen molar-refractivity contribution in [2.24, 2.45) is 11.8 Å². The Morgan fingerprint density at radius 2 is 1.90 bits per heavy atom. The zero-order valence-corrected chi connectivity index (χ0v) is 13.0. The topological polar surface area (TPSA) is 61.6 Å². The molecular weight excluding hydrogens is 264 g/mol. The molecule has 1 aliphatic rings. The Hall–Kier alpha value is -1.43. The number of benzene rings is 1. The number of nitrogens with two attached hydrogens (primary N) is 1. The molecule has 116 valence electrons. The Kier molecular flexibility index (Phi) is 5.73. The Morgan fingerprint density at radius 3 is 2.52 bits per heavy atom. The number of nitrogen functional groups attached to an aromatic ring is 1. The molecule has 1 amide bonds. The van der Waals surface area contributed by atoms with Gasteiger partial charge >= 0.3 is 0 Å². The van der Waals surface area contributed by atoms with E-state index in [0.717, 1.165) is 44.2 Å². The predicted molar refractivity (Wildman–Crippen MR) is 84.7 cm³/mol. The van der Waals surface area contributed by atoms with E-state index in [0.29, 0.717) is 5.56 Å². The number of hydrazine groups is 1. The Bertz CT molecular complexity index is 467. The first kappa shape index (κ1) is 15.9. The van der Waals surface area contributed by atoms with E-state index in [1.165, 1.54) is 6.54 Å². The Labute approximate surface area is 127 Å². The SMILES string of the molecule is CC(C)CN1CCN(Cc2cccc(C(=O)NN)c2)CC1. The third-order valence-corrected chi connectivity index (χ3v) is 3.81.